The van der Waals surface area contributed by atoms with Crippen molar-refractivity contribution in [3.63, 3.8) is 0 Å². The van der Waals surface area contributed by atoms with Gasteiger partial charge >= 0.3 is 0 Å². The van der Waals surface area contributed by atoms with Gasteiger partial charge in [-0.15, -0.1) is 0 Å². The molecule has 0 heterocycles. The first-order valence-corrected chi connectivity index (χ1v) is 1.84. The Kier molecular flexibility index (Phi) is 75.6. The highest BCUT2D eigenvalue weighted by Crippen LogP contribution is 1.66. The van der Waals surface area contributed by atoms with Crippen molar-refractivity contribution >= 4 is 15.4 Å². The van der Waals surface area contributed by atoms with Gasteiger partial charge in [0.15, 0.2) is 8.69 Å². The minimum atomic E-state index is -1.50. The van der Waals surface area contributed by atoms with Crippen LogP contribution in [0.2, 0.25) is 0 Å². The summed E-state index contributed by atoms with van der Waals surface area (Å²) in [6.45, 7) is 2.50. The third-order valence-corrected chi connectivity index (χ3v) is 0. The largest absolute Gasteiger partial charge is 0.348 e. The van der Waals surface area contributed by atoms with Crippen molar-refractivity contribution < 1.29 is 9.46 Å². The number of hydrogen-bond donors (Lipinski definition) is 2. The Labute approximate surface area is 31.4 Å². The number of nitrogens with one attached hydrogen (secondary N) is 1. The molecule has 0 fully saturated rings. The maximum Gasteiger partial charge on any atom is 0.177 e. The fraction of sp³-hybridized carbons (Fsp3) is 0. The predicted molar refractivity (Wildman–Crippen MR) is 22.5 cm³/mol. The molecule has 0 rings (SSSR count). The van der Waals surface area contributed by atoms with E-state index in [4.69, 9.17) is 14.9 Å². The zero-order chi connectivity index (χ0) is 4.71. The fourth-order valence-corrected chi connectivity index (χ4v) is 0. The highest BCUT2D eigenvalue weighted by atomic mass is 31.1. The van der Waals surface area contributed by atoms with Crippen molar-refractivity contribution in [1.29, 1.82) is 5.41 Å². The number of hydrogen-bond acceptors (Lipinski definition) is 2. The smallest absolute Gasteiger partial charge is 0.177 e. The lowest BCUT2D eigenvalue weighted by molar-refractivity contribution is 0.524. The van der Waals surface area contributed by atoms with Crippen LogP contribution < -0.4 is 0 Å². The van der Waals surface area contributed by atoms with Crippen LogP contribution in [0.4, 0.5) is 0 Å². The maximum atomic E-state index is 8.57. The van der Waals surface area contributed by atoms with Crippen molar-refractivity contribution in [2.75, 3.05) is 0 Å². The molecule has 3 nitrogen and oxygen atoms in total. The summed E-state index contributed by atoms with van der Waals surface area (Å²) in [7, 11) is -1.50. The maximum absolute atomic E-state index is 8.57. The van der Waals surface area contributed by atoms with Gasteiger partial charge in [0.2, 0.25) is 0 Å². The van der Waals surface area contributed by atoms with Crippen LogP contribution in [0.15, 0.2) is 0 Å². The Hall–Kier alpha value is -0.140. The van der Waals surface area contributed by atoms with Crippen molar-refractivity contribution in [3.8, 4) is 0 Å². The third kappa shape index (κ3) is 681. The Morgan fingerprint density at radius 2 is 1.80 bits per heavy atom. The first-order valence-electron chi connectivity index (χ1n) is 0.847. The van der Waals surface area contributed by atoms with E-state index < -0.39 is 8.69 Å². The third-order valence-electron chi connectivity index (χ3n) is 0. The minimum absolute atomic E-state index is 1.50. The molecule has 0 aliphatic rings. The molecule has 0 aromatic carbocycles. The average Bonchev–Trinajstić information content (AvgIpc) is 1.46. The summed E-state index contributed by atoms with van der Waals surface area (Å²) in [6, 6.07) is 0. The van der Waals surface area contributed by atoms with Crippen molar-refractivity contribution in [1.82, 2.24) is 0 Å². The van der Waals surface area contributed by atoms with Gasteiger partial charge in [-0.2, -0.15) is 0 Å². The van der Waals surface area contributed by atoms with Crippen LogP contribution in [0.25, 0.3) is 0 Å². The van der Waals surface area contributed by atoms with Crippen LogP contribution >= 0.6 is 8.69 Å². The molecule has 0 saturated carbocycles. The topological polar surface area (TPSA) is 61.2 Å². The van der Waals surface area contributed by atoms with Crippen LogP contribution in [0, 0.1) is 5.41 Å². The molecule has 0 bridgehead atoms. The lowest BCUT2D eigenvalue weighted by Crippen LogP contribution is -1.03. The van der Waals surface area contributed by atoms with E-state index >= 15 is 0 Å². The van der Waals surface area contributed by atoms with E-state index in [0.29, 0.717) is 0 Å². The SMILES string of the molecule is C=N.O=[PH2]O. The summed E-state index contributed by atoms with van der Waals surface area (Å²) in [4.78, 5) is 7.10. The van der Waals surface area contributed by atoms with Gasteiger partial charge in [0.25, 0.3) is 0 Å². The molecule has 4 heteroatoms. The predicted octanol–water partition coefficient (Wildman–Crippen LogP) is -0.0842. The van der Waals surface area contributed by atoms with Crippen LogP contribution in [0.1, 0.15) is 0 Å². The van der Waals surface area contributed by atoms with E-state index in [9.17, 15) is 0 Å². The first kappa shape index (κ1) is 8.85. The molecule has 0 aliphatic carbocycles. The molecule has 5 heavy (non-hydrogen) atoms. The van der Waals surface area contributed by atoms with Gasteiger partial charge < -0.3 is 10.3 Å². The quantitative estimate of drug-likeness (QED) is 0.326. The van der Waals surface area contributed by atoms with Crippen LogP contribution in [0.3, 0.4) is 0 Å². The zero-order valence-corrected chi connectivity index (χ0v) is 3.79. The van der Waals surface area contributed by atoms with Gasteiger partial charge in [-0.1, -0.05) is 0 Å². The van der Waals surface area contributed by atoms with E-state index in [0.717, 1.165) is 0 Å². The molecular weight excluding hydrogens is 89.0 g/mol. The second-order valence-corrected chi connectivity index (χ2v) is 0.316. The lowest BCUT2D eigenvalue weighted by Gasteiger charge is -1.33. The normalized spacial score (nSPS) is 6.60. The van der Waals surface area contributed by atoms with Crippen molar-refractivity contribution in [3.05, 3.63) is 0 Å². The second-order valence-electron chi connectivity index (χ2n) is 0.105. The van der Waals surface area contributed by atoms with Crippen LogP contribution in [0.5, 0.6) is 0 Å². The minimum Gasteiger partial charge on any atom is -0.348 e. The Bertz CT molecular complexity index is 23.6. The standard InChI is InChI=1S/CH3N.H3O2P/c1-2;1-3-2/h2H,1H2;3H2,(H,1,2). The van der Waals surface area contributed by atoms with Gasteiger partial charge in [-0.3, -0.25) is 4.57 Å². The summed E-state index contributed by atoms with van der Waals surface area (Å²) in [5.41, 5.74) is 0. The Morgan fingerprint density at radius 1 is 1.80 bits per heavy atom. The van der Waals surface area contributed by atoms with Crippen molar-refractivity contribution in [2.45, 2.75) is 0 Å². The van der Waals surface area contributed by atoms with Crippen LogP contribution in [-0.4, -0.2) is 11.6 Å². The molecule has 32 valence electrons. The summed E-state index contributed by atoms with van der Waals surface area (Å²) in [6.07, 6.45) is 0. The average molecular weight is 95.0 g/mol. The summed E-state index contributed by atoms with van der Waals surface area (Å²) < 4.78 is 8.57. The van der Waals surface area contributed by atoms with Gasteiger partial charge in [-0.25, -0.2) is 0 Å². The molecule has 2 N–H and O–H groups in total. The zero-order valence-electron chi connectivity index (χ0n) is 2.64. The van der Waals surface area contributed by atoms with E-state index in [2.05, 4.69) is 6.72 Å². The highest BCUT2D eigenvalue weighted by Gasteiger charge is 1.17. The molecule has 0 aromatic rings. The molecule has 0 amide bonds. The Balaban J connectivity index is 0. The van der Waals surface area contributed by atoms with E-state index in [1.165, 1.54) is 0 Å². The molecule has 1 unspecified atom stereocenters. The first-order chi connectivity index (χ1) is 2.41. The van der Waals surface area contributed by atoms with Gasteiger partial charge in [0.1, 0.15) is 0 Å². The highest BCUT2D eigenvalue weighted by molar-refractivity contribution is 7.16. The van der Waals surface area contributed by atoms with Gasteiger partial charge in [-0.05, 0) is 6.72 Å². The van der Waals surface area contributed by atoms with Gasteiger partial charge in [0.05, 0.1) is 0 Å². The van der Waals surface area contributed by atoms with Gasteiger partial charge in [0, 0.05) is 0 Å². The summed E-state index contributed by atoms with van der Waals surface area (Å²) >= 11 is 0. The molecule has 0 aliphatic heterocycles. The van der Waals surface area contributed by atoms with Crippen LogP contribution in [-0.2, 0) is 4.57 Å². The second kappa shape index (κ2) is 42.7. The molecule has 0 radical (unpaired) electrons. The lowest BCUT2D eigenvalue weighted by atomic mass is 11.8. The molecule has 0 saturated heterocycles. The molecule has 0 spiro atoms. The number of rotatable bonds is 0. The monoisotopic (exact) mass is 95.0 g/mol. The van der Waals surface area contributed by atoms with E-state index in [-0.39, 0.29) is 0 Å². The molecule has 0 aromatic heterocycles. The van der Waals surface area contributed by atoms with E-state index in [1.54, 1.807) is 0 Å². The Morgan fingerprint density at radius 3 is 1.80 bits per heavy atom. The summed E-state index contributed by atoms with van der Waals surface area (Å²) in [5, 5.41) is 5.50. The molecular formula is CH6NO2P. The fourth-order valence-electron chi connectivity index (χ4n) is 0. The van der Waals surface area contributed by atoms with E-state index in [1.807, 2.05) is 0 Å². The summed E-state index contributed by atoms with van der Waals surface area (Å²) in [5.74, 6) is 0. The van der Waals surface area contributed by atoms with Crippen molar-refractivity contribution in [2.24, 2.45) is 0 Å². The molecule has 1 atom stereocenters.